The van der Waals surface area contributed by atoms with E-state index in [1.165, 1.54) is 33.5 Å². The van der Waals surface area contributed by atoms with Gasteiger partial charge in [-0.3, -0.25) is 0 Å². The summed E-state index contributed by atoms with van der Waals surface area (Å²) in [7, 11) is 7.09. The minimum Gasteiger partial charge on any atom is -0.310 e. The van der Waals surface area contributed by atoms with Crippen molar-refractivity contribution in [3.8, 4) is 0 Å². The Morgan fingerprint density at radius 3 is 1.05 bits per heavy atom. The largest absolute Gasteiger partial charge is 0.310 e. The first kappa shape index (κ1) is 32.5. The topological polar surface area (TPSA) is 18.5 Å². The van der Waals surface area contributed by atoms with Gasteiger partial charge in [-0.25, -0.2) is 0 Å². The van der Waals surface area contributed by atoms with Crippen LogP contribution in [0.2, 0.25) is 0 Å². The third kappa shape index (κ3) is 11.1. The Labute approximate surface area is 257 Å². The van der Waals surface area contributed by atoms with Crippen LogP contribution in [0, 0.1) is 6.67 Å². The SMILES string of the molecule is CN1C=CN(C)[CH-]1.[Cl][RuH+2].c1ccc([PH+](CCNCC[PH+](c2ccccc2)c2ccccc2)c2ccccc2)cc1. The Morgan fingerprint density at radius 1 is 0.550 bits per heavy atom. The van der Waals surface area contributed by atoms with E-state index in [1.54, 1.807) is 17.3 Å². The fourth-order valence-electron chi connectivity index (χ4n) is 4.59. The Morgan fingerprint density at radius 2 is 0.825 bits per heavy atom. The van der Waals surface area contributed by atoms with Crippen molar-refractivity contribution in [3.63, 3.8) is 0 Å². The minimum absolute atomic E-state index is 0.758. The molecule has 0 amide bonds. The van der Waals surface area contributed by atoms with Gasteiger partial charge in [0, 0.05) is 13.1 Å². The molecule has 0 radical (unpaired) electrons. The molecule has 5 rings (SSSR count). The van der Waals surface area contributed by atoms with E-state index in [-0.39, 0.29) is 0 Å². The van der Waals surface area contributed by atoms with Crippen molar-refractivity contribution in [2.75, 3.05) is 39.5 Å². The predicted molar refractivity (Wildman–Crippen MR) is 180 cm³/mol. The second kappa shape index (κ2) is 19.1. The average Bonchev–Trinajstić information content (AvgIpc) is 3.42. The number of halogens is 1. The Bertz CT molecular complexity index is 1040. The maximum atomic E-state index is 4.61. The summed E-state index contributed by atoms with van der Waals surface area (Å²) in [6.07, 6.45) is 6.41. The minimum atomic E-state index is -0.758. The molecule has 0 aromatic heterocycles. The smallest absolute Gasteiger partial charge is 0.0967 e. The number of rotatable bonds is 10. The van der Waals surface area contributed by atoms with Crippen LogP contribution >= 0.6 is 25.5 Å². The van der Waals surface area contributed by atoms with Gasteiger partial charge in [0.1, 0.15) is 0 Å². The molecule has 40 heavy (non-hydrogen) atoms. The standard InChI is InChI=1S/C28H29NP2.C5H9N2.ClH.Ru.H/c1-5-13-25(14-6-1)30(26-15-7-2-8-16-26)23-21-29-22-24-31(27-17-9-3-10-18-27)28-19-11-4-12-20-28;1-6-3-4-7(2)5-6;;;/h1-20,29H,21-24H2;3-5H,1-2H3;1H;;/q;-1;;+3;/p+1. The van der Waals surface area contributed by atoms with Crippen molar-refractivity contribution in [1.82, 2.24) is 15.1 Å². The van der Waals surface area contributed by atoms with Gasteiger partial charge < -0.3 is 15.1 Å². The van der Waals surface area contributed by atoms with Crippen molar-refractivity contribution in [1.29, 1.82) is 0 Å². The average molecular weight is 678 g/mol. The van der Waals surface area contributed by atoms with Crippen LogP contribution in [0.15, 0.2) is 134 Å². The van der Waals surface area contributed by atoms with E-state index in [0.717, 1.165) is 13.1 Å². The van der Waals surface area contributed by atoms with E-state index in [1.807, 2.05) is 43.0 Å². The maximum Gasteiger partial charge on any atom is 0.0967 e. The third-order valence-electron chi connectivity index (χ3n) is 6.49. The van der Waals surface area contributed by atoms with Crippen LogP contribution in [0.1, 0.15) is 0 Å². The first-order valence-corrected chi connectivity index (χ1v) is 19.3. The summed E-state index contributed by atoms with van der Waals surface area (Å²) in [5, 5.41) is 9.77. The quantitative estimate of drug-likeness (QED) is 0.108. The van der Waals surface area contributed by atoms with Gasteiger partial charge >= 0.3 is 27.0 Å². The number of benzene rings is 4. The van der Waals surface area contributed by atoms with Gasteiger partial charge in [0.15, 0.2) is 0 Å². The normalized spacial score (nSPS) is 12.2. The molecule has 7 heteroatoms. The van der Waals surface area contributed by atoms with E-state index < -0.39 is 15.8 Å². The van der Waals surface area contributed by atoms with E-state index >= 15 is 0 Å². The maximum absolute atomic E-state index is 4.61. The van der Waals surface area contributed by atoms with Crippen LogP contribution in [0.5, 0.6) is 0 Å². The zero-order chi connectivity index (χ0) is 28.4. The van der Waals surface area contributed by atoms with Crippen molar-refractivity contribution in [2.24, 2.45) is 0 Å². The zero-order valence-electron chi connectivity index (χ0n) is 23.3. The van der Waals surface area contributed by atoms with E-state index in [0.29, 0.717) is 0 Å². The summed E-state index contributed by atoms with van der Waals surface area (Å²) >= 11 is 1.62. The first-order chi connectivity index (χ1) is 19.7. The van der Waals surface area contributed by atoms with Crippen molar-refractivity contribution in [2.45, 2.75) is 0 Å². The Balaban J connectivity index is 0.000000422. The molecule has 0 aliphatic carbocycles. The predicted octanol–water partition coefficient (Wildman–Crippen LogP) is 5.18. The van der Waals surface area contributed by atoms with Crippen LogP contribution in [-0.4, -0.2) is 49.3 Å². The van der Waals surface area contributed by atoms with Gasteiger partial charge in [-0.2, -0.15) is 6.67 Å². The van der Waals surface area contributed by atoms with Crippen molar-refractivity contribution >= 4 is 46.8 Å². The molecular weight excluding hydrogens is 637 g/mol. The molecular formula is C33H41ClN3P2Ru+3. The van der Waals surface area contributed by atoms with Crippen molar-refractivity contribution < 1.29 is 17.3 Å². The molecule has 0 unspecified atom stereocenters. The molecule has 0 bridgehead atoms. The summed E-state index contributed by atoms with van der Waals surface area (Å²) < 4.78 is 0. The number of nitrogens with one attached hydrogen (secondary N) is 1. The van der Waals surface area contributed by atoms with Crippen LogP contribution in [-0.2, 0) is 17.3 Å². The summed E-state index contributed by atoms with van der Waals surface area (Å²) in [6, 6.07) is 44.2. The molecule has 0 saturated carbocycles. The second-order valence-corrected chi connectivity index (χ2v) is 14.6. The van der Waals surface area contributed by atoms with Gasteiger partial charge in [0.25, 0.3) is 0 Å². The number of hydrogen-bond donors (Lipinski definition) is 1. The van der Waals surface area contributed by atoms with Crippen LogP contribution in [0.3, 0.4) is 0 Å². The van der Waals surface area contributed by atoms with Gasteiger partial charge in [-0.1, -0.05) is 72.8 Å². The number of nitrogens with zero attached hydrogens (tertiary/aromatic N) is 2. The van der Waals surface area contributed by atoms with Crippen molar-refractivity contribution in [3.05, 3.63) is 140 Å². The fraction of sp³-hybridized carbons (Fsp3) is 0.182. The molecule has 4 aromatic carbocycles. The van der Waals surface area contributed by atoms with Gasteiger partial charge in [0.05, 0.1) is 49.4 Å². The summed E-state index contributed by atoms with van der Waals surface area (Å²) in [6.45, 7) is 4.13. The molecule has 1 heterocycles. The molecule has 0 saturated heterocycles. The summed E-state index contributed by atoms with van der Waals surface area (Å²) in [4.78, 5) is 4.00. The molecule has 1 aliphatic rings. The first-order valence-electron chi connectivity index (χ1n) is 13.5. The summed E-state index contributed by atoms with van der Waals surface area (Å²) in [5.41, 5.74) is 0. The molecule has 3 nitrogen and oxygen atoms in total. The zero-order valence-corrected chi connectivity index (χ0v) is 27.9. The molecule has 1 aliphatic heterocycles. The van der Waals surface area contributed by atoms with E-state index in [2.05, 4.69) is 136 Å². The third-order valence-corrected chi connectivity index (χ3v) is 12.1. The van der Waals surface area contributed by atoms with Crippen LogP contribution in [0.25, 0.3) is 0 Å². The van der Waals surface area contributed by atoms with E-state index in [9.17, 15) is 0 Å². The summed E-state index contributed by atoms with van der Waals surface area (Å²) in [5.74, 6) is 0. The molecule has 4 aromatic rings. The van der Waals surface area contributed by atoms with Gasteiger partial charge in [-0.15, -0.1) is 0 Å². The fourth-order valence-corrected chi connectivity index (χ4v) is 9.65. The van der Waals surface area contributed by atoms with Crippen LogP contribution < -0.4 is 26.5 Å². The molecule has 1 N–H and O–H groups in total. The monoisotopic (exact) mass is 678 g/mol. The van der Waals surface area contributed by atoms with Gasteiger partial charge in [-0.05, 0) is 75.0 Å². The van der Waals surface area contributed by atoms with Crippen LogP contribution in [0.4, 0.5) is 0 Å². The molecule has 0 fully saturated rings. The number of hydrogen-bond acceptors (Lipinski definition) is 3. The Hall–Kier alpha value is -2.05. The molecule has 210 valence electrons. The van der Waals surface area contributed by atoms with Gasteiger partial charge in [0.2, 0.25) is 0 Å². The van der Waals surface area contributed by atoms with E-state index in [4.69, 9.17) is 0 Å². The molecule has 0 spiro atoms. The second-order valence-electron chi connectivity index (χ2n) is 9.42. The Kier molecular flexibility index (Phi) is 15.5. The molecule has 0 atom stereocenters.